The maximum absolute atomic E-state index is 10.0. The summed E-state index contributed by atoms with van der Waals surface area (Å²) in [5, 5.41) is 12.2. The molecule has 0 aliphatic carbocycles. The predicted octanol–water partition coefficient (Wildman–Crippen LogP) is 0.460. The molecule has 0 heterocycles. The molecule has 0 spiro atoms. The molecule has 2 aromatic rings. The quantitative estimate of drug-likeness (QED) is 0.541. The number of aliphatic hydroxyl groups is 1. The summed E-state index contributed by atoms with van der Waals surface area (Å²) < 4.78 is 5.74. The van der Waals surface area contributed by atoms with Gasteiger partial charge in [-0.05, 0) is 23.3 Å². The number of nitrogens with one attached hydrogen (secondary N) is 1. The molecule has 4 nitrogen and oxygen atoms in total. The minimum absolute atomic E-state index is 0.0529. The Kier molecular flexibility index (Phi) is 7.64. The number of likely N-dealkylation sites (N-methyl/N-ethyl adjacent to an activating group) is 1. The van der Waals surface area contributed by atoms with Crippen molar-refractivity contribution in [3.8, 4) is 5.75 Å². The summed E-state index contributed by atoms with van der Waals surface area (Å²) in [5.74, 6) is 0.800. The summed E-state index contributed by atoms with van der Waals surface area (Å²) in [5.41, 5.74) is 2.48. The Morgan fingerprint density at radius 3 is 2.23 bits per heavy atom. The second-order valence-corrected chi connectivity index (χ2v) is 7.75. The fraction of sp³-hybridized carbons (Fsp3) is 0.455. The van der Waals surface area contributed by atoms with Gasteiger partial charge in [0, 0.05) is 5.41 Å². The van der Waals surface area contributed by atoms with Gasteiger partial charge in [0.1, 0.15) is 38.1 Å². The van der Waals surface area contributed by atoms with E-state index in [9.17, 15) is 5.11 Å². The lowest BCUT2D eigenvalue weighted by molar-refractivity contribution is -0.874. The molecule has 1 atom stereocenters. The van der Waals surface area contributed by atoms with Crippen molar-refractivity contribution in [2.75, 3.05) is 40.3 Å². The second-order valence-electron chi connectivity index (χ2n) is 7.75. The Hall–Kier alpha value is -1.88. The molecular weight excluding hydrogens is 324 g/mol. The molecule has 0 aliphatic rings. The lowest BCUT2D eigenvalue weighted by Crippen LogP contribution is -3.09. The van der Waals surface area contributed by atoms with Crippen molar-refractivity contribution in [2.45, 2.75) is 25.4 Å². The third-order valence-corrected chi connectivity index (χ3v) is 4.80. The number of benzene rings is 2. The van der Waals surface area contributed by atoms with Crippen LogP contribution in [0, 0.1) is 0 Å². The van der Waals surface area contributed by atoms with Gasteiger partial charge in [0.15, 0.2) is 0 Å². The van der Waals surface area contributed by atoms with Crippen LogP contribution in [0.1, 0.15) is 25.0 Å². The van der Waals surface area contributed by atoms with Crippen LogP contribution in [0.15, 0.2) is 54.6 Å². The van der Waals surface area contributed by atoms with E-state index >= 15 is 0 Å². The van der Waals surface area contributed by atoms with Crippen molar-refractivity contribution in [3.63, 3.8) is 0 Å². The zero-order chi connectivity index (χ0) is 19.0. The van der Waals surface area contributed by atoms with Gasteiger partial charge in [0.25, 0.3) is 0 Å². The minimum atomic E-state index is -0.451. The van der Waals surface area contributed by atoms with Crippen LogP contribution in [0.5, 0.6) is 5.75 Å². The molecule has 4 N–H and O–H groups in total. The van der Waals surface area contributed by atoms with Gasteiger partial charge in [-0.2, -0.15) is 0 Å². The maximum Gasteiger partial charge on any atom is 0.137 e. The van der Waals surface area contributed by atoms with Crippen molar-refractivity contribution in [1.29, 1.82) is 0 Å². The van der Waals surface area contributed by atoms with Gasteiger partial charge in [-0.1, -0.05) is 56.3 Å². The number of quaternary nitrogens is 2. The molecule has 0 saturated heterocycles. The van der Waals surface area contributed by atoms with Crippen molar-refractivity contribution in [1.82, 2.24) is 0 Å². The summed E-state index contributed by atoms with van der Waals surface area (Å²) in [6.07, 6.45) is -0.451. The van der Waals surface area contributed by atoms with Gasteiger partial charge in [0.05, 0.1) is 14.1 Å². The van der Waals surface area contributed by atoms with Crippen LogP contribution in [0.25, 0.3) is 0 Å². The molecule has 0 fully saturated rings. The van der Waals surface area contributed by atoms with E-state index in [0.717, 1.165) is 18.8 Å². The highest BCUT2D eigenvalue weighted by Gasteiger charge is 2.22. The summed E-state index contributed by atoms with van der Waals surface area (Å²) in [4.78, 5) is 1.42. The van der Waals surface area contributed by atoms with Gasteiger partial charge in [0.2, 0.25) is 0 Å². The molecule has 0 amide bonds. The molecule has 0 radical (unpaired) electrons. The Bertz CT molecular complexity index is 639. The number of aliphatic hydroxyl groups excluding tert-OH is 1. The summed E-state index contributed by atoms with van der Waals surface area (Å²) in [6.45, 7) is 7.56. The SMILES string of the molecule is C[NH+](C)CC[NH2+]C[C@@H](O)COc1ccc(C(C)(C)c2ccccc2)cc1. The first-order chi connectivity index (χ1) is 12.4. The third-order valence-electron chi connectivity index (χ3n) is 4.80. The summed E-state index contributed by atoms with van der Waals surface area (Å²) in [6, 6.07) is 18.7. The van der Waals surface area contributed by atoms with Crippen LogP contribution in [0.3, 0.4) is 0 Å². The van der Waals surface area contributed by atoms with Gasteiger partial charge in [-0.3, -0.25) is 0 Å². The molecule has 26 heavy (non-hydrogen) atoms. The average molecular weight is 359 g/mol. The van der Waals surface area contributed by atoms with Crippen molar-refractivity contribution in [3.05, 3.63) is 65.7 Å². The van der Waals surface area contributed by atoms with E-state index in [1.807, 2.05) is 18.2 Å². The van der Waals surface area contributed by atoms with E-state index < -0.39 is 6.10 Å². The maximum atomic E-state index is 10.0. The fourth-order valence-corrected chi connectivity index (χ4v) is 2.95. The lowest BCUT2D eigenvalue weighted by Gasteiger charge is -2.26. The largest absolute Gasteiger partial charge is 0.491 e. The Morgan fingerprint density at radius 2 is 1.62 bits per heavy atom. The standard InChI is InChI=1S/C22H32N2O2/c1-22(2,18-8-6-5-7-9-18)19-10-12-21(13-11-19)26-17-20(25)16-23-14-15-24(3)4/h5-13,20,23,25H,14-17H2,1-4H3/p+2/t20-/m1/s1. The Labute approximate surface area is 157 Å². The number of ether oxygens (including phenoxy) is 1. The fourth-order valence-electron chi connectivity index (χ4n) is 2.95. The topological polar surface area (TPSA) is 50.5 Å². The summed E-state index contributed by atoms with van der Waals surface area (Å²) in [7, 11) is 4.27. The van der Waals surface area contributed by atoms with Crippen LogP contribution in [-0.2, 0) is 5.41 Å². The molecular formula is C22H34N2O2+2. The zero-order valence-electron chi connectivity index (χ0n) is 16.5. The molecule has 142 valence electrons. The highest BCUT2D eigenvalue weighted by Crippen LogP contribution is 2.32. The molecule has 0 bridgehead atoms. The smallest absolute Gasteiger partial charge is 0.137 e. The first-order valence-electron chi connectivity index (χ1n) is 9.47. The highest BCUT2D eigenvalue weighted by atomic mass is 16.5. The summed E-state index contributed by atoms with van der Waals surface area (Å²) >= 11 is 0. The first kappa shape index (κ1) is 20.4. The van der Waals surface area contributed by atoms with Crippen LogP contribution in [0.4, 0.5) is 0 Å². The van der Waals surface area contributed by atoms with E-state index in [-0.39, 0.29) is 5.41 Å². The molecule has 2 rings (SSSR count). The molecule has 0 saturated carbocycles. The number of hydrogen-bond donors (Lipinski definition) is 3. The van der Waals surface area contributed by atoms with Crippen molar-refractivity contribution < 1.29 is 20.1 Å². The van der Waals surface area contributed by atoms with E-state index in [4.69, 9.17) is 4.74 Å². The van der Waals surface area contributed by atoms with Crippen LogP contribution >= 0.6 is 0 Å². The van der Waals surface area contributed by atoms with Crippen molar-refractivity contribution in [2.24, 2.45) is 0 Å². The molecule has 0 unspecified atom stereocenters. The van der Waals surface area contributed by atoms with Gasteiger partial charge in [-0.15, -0.1) is 0 Å². The third kappa shape index (κ3) is 6.13. The molecule has 0 aromatic heterocycles. The monoisotopic (exact) mass is 358 g/mol. The second kappa shape index (κ2) is 9.72. The van der Waals surface area contributed by atoms with Gasteiger partial charge < -0.3 is 20.1 Å². The van der Waals surface area contributed by atoms with Gasteiger partial charge in [-0.25, -0.2) is 0 Å². The Balaban J connectivity index is 1.84. The van der Waals surface area contributed by atoms with Crippen LogP contribution in [-0.4, -0.2) is 51.5 Å². The lowest BCUT2D eigenvalue weighted by atomic mass is 9.78. The zero-order valence-corrected chi connectivity index (χ0v) is 16.5. The molecule has 4 heteroatoms. The number of rotatable bonds is 10. The van der Waals surface area contributed by atoms with E-state index in [1.54, 1.807) is 0 Å². The number of nitrogens with two attached hydrogens (primary N) is 1. The molecule has 0 aliphatic heterocycles. The predicted molar refractivity (Wildman–Crippen MR) is 106 cm³/mol. The van der Waals surface area contributed by atoms with E-state index in [1.165, 1.54) is 16.0 Å². The van der Waals surface area contributed by atoms with Crippen molar-refractivity contribution >= 4 is 0 Å². The first-order valence-corrected chi connectivity index (χ1v) is 9.47. The van der Waals surface area contributed by atoms with Crippen LogP contribution in [0.2, 0.25) is 0 Å². The van der Waals surface area contributed by atoms with Crippen LogP contribution < -0.4 is 15.0 Å². The van der Waals surface area contributed by atoms with E-state index in [0.29, 0.717) is 13.2 Å². The molecule has 2 aromatic carbocycles. The number of hydrogen-bond acceptors (Lipinski definition) is 2. The average Bonchev–Trinajstić information content (AvgIpc) is 2.64. The Morgan fingerprint density at radius 1 is 1.00 bits per heavy atom. The van der Waals surface area contributed by atoms with Gasteiger partial charge >= 0.3 is 0 Å². The van der Waals surface area contributed by atoms with E-state index in [2.05, 4.69) is 69.7 Å². The minimum Gasteiger partial charge on any atom is -0.491 e. The highest BCUT2D eigenvalue weighted by molar-refractivity contribution is 5.39. The normalized spacial score (nSPS) is 13.0.